The molecule has 6 nitrogen and oxygen atoms in total. The van der Waals surface area contributed by atoms with Crippen LogP contribution in [-0.2, 0) is 0 Å². The fraction of sp³-hybridized carbons (Fsp3) is 0.143. The third-order valence-electron chi connectivity index (χ3n) is 2.95. The van der Waals surface area contributed by atoms with Gasteiger partial charge in [-0.3, -0.25) is 4.79 Å². The number of ether oxygens (including phenoxy) is 2. The molecule has 1 aliphatic heterocycles. The van der Waals surface area contributed by atoms with Crippen LogP contribution >= 0.6 is 11.3 Å². The monoisotopic (exact) mass is 305 g/mol. The predicted molar refractivity (Wildman–Crippen MR) is 76.5 cm³/mol. The van der Waals surface area contributed by atoms with Crippen LogP contribution in [0.1, 0.15) is 25.6 Å². The maximum atomic E-state index is 12.2. The summed E-state index contributed by atoms with van der Waals surface area (Å²) in [7, 11) is 0. The summed E-state index contributed by atoms with van der Waals surface area (Å²) in [4.78, 5) is 24.1. The van der Waals surface area contributed by atoms with E-state index in [-0.39, 0.29) is 12.4 Å². The van der Waals surface area contributed by atoms with Crippen molar-refractivity contribution in [3.05, 3.63) is 40.3 Å². The minimum Gasteiger partial charge on any atom is -0.478 e. The van der Waals surface area contributed by atoms with Gasteiger partial charge in [0.1, 0.15) is 5.00 Å². The number of carbonyl (C=O) groups is 2. The predicted octanol–water partition coefficient (Wildman–Crippen LogP) is 2.74. The lowest BCUT2D eigenvalue weighted by Gasteiger charge is -2.05. The number of rotatable bonds is 3. The van der Waals surface area contributed by atoms with Gasteiger partial charge < -0.3 is 19.9 Å². The van der Waals surface area contributed by atoms with E-state index in [0.717, 1.165) is 4.88 Å². The number of aromatic carboxylic acids is 1. The van der Waals surface area contributed by atoms with Crippen LogP contribution in [0.25, 0.3) is 0 Å². The van der Waals surface area contributed by atoms with E-state index in [2.05, 4.69) is 5.32 Å². The summed E-state index contributed by atoms with van der Waals surface area (Å²) in [5.41, 5.74) is 0.466. The molecule has 2 N–H and O–H groups in total. The number of hydrogen-bond donors (Lipinski definition) is 2. The van der Waals surface area contributed by atoms with Crippen molar-refractivity contribution in [3.8, 4) is 11.5 Å². The molecule has 1 amide bonds. The molecular weight excluding hydrogens is 294 g/mol. The first-order valence-corrected chi connectivity index (χ1v) is 6.91. The highest BCUT2D eigenvalue weighted by atomic mass is 32.1. The molecule has 0 bridgehead atoms. The molecule has 0 aliphatic carbocycles. The van der Waals surface area contributed by atoms with Gasteiger partial charge in [0.05, 0.1) is 5.56 Å². The number of thiophene rings is 1. The second-order valence-electron chi connectivity index (χ2n) is 4.43. The Kier molecular flexibility index (Phi) is 3.26. The molecule has 0 radical (unpaired) electrons. The number of benzene rings is 1. The molecule has 2 heterocycles. The number of carboxylic acids is 1. The summed E-state index contributed by atoms with van der Waals surface area (Å²) < 4.78 is 10.4. The maximum Gasteiger partial charge on any atom is 0.338 e. The van der Waals surface area contributed by atoms with Crippen molar-refractivity contribution in [2.75, 3.05) is 12.1 Å². The lowest BCUT2D eigenvalue weighted by Crippen LogP contribution is -2.13. The molecule has 1 aromatic heterocycles. The van der Waals surface area contributed by atoms with Gasteiger partial charge in [0.25, 0.3) is 5.91 Å². The Labute approximate surface area is 123 Å². The molecule has 0 spiro atoms. The van der Waals surface area contributed by atoms with Gasteiger partial charge in [-0.25, -0.2) is 4.79 Å². The number of anilines is 1. The van der Waals surface area contributed by atoms with Crippen molar-refractivity contribution in [1.29, 1.82) is 0 Å². The number of carboxylic acid groups (broad SMARTS) is 1. The van der Waals surface area contributed by atoms with E-state index >= 15 is 0 Å². The summed E-state index contributed by atoms with van der Waals surface area (Å²) in [6.45, 7) is 1.92. The highest BCUT2D eigenvalue weighted by Gasteiger charge is 2.19. The average Bonchev–Trinajstić information content (AvgIpc) is 3.04. The van der Waals surface area contributed by atoms with Gasteiger partial charge in [0.2, 0.25) is 6.79 Å². The fourth-order valence-electron chi connectivity index (χ4n) is 1.98. The first kappa shape index (κ1) is 13.4. The Hall–Kier alpha value is -2.54. The molecule has 1 aromatic carbocycles. The summed E-state index contributed by atoms with van der Waals surface area (Å²) in [5.74, 6) is -0.369. The van der Waals surface area contributed by atoms with Crippen molar-refractivity contribution < 1.29 is 24.2 Å². The molecular formula is C14H11NO5S. The van der Waals surface area contributed by atoms with Gasteiger partial charge in [0.15, 0.2) is 11.5 Å². The molecule has 108 valence electrons. The van der Waals surface area contributed by atoms with Crippen LogP contribution < -0.4 is 14.8 Å². The number of amides is 1. The molecule has 1 aliphatic rings. The average molecular weight is 305 g/mol. The smallest absolute Gasteiger partial charge is 0.338 e. The van der Waals surface area contributed by atoms with E-state index in [1.54, 1.807) is 25.1 Å². The minimum atomic E-state index is -1.07. The number of aryl methyl sites for hydroxylation is 1. The Morgan fingerprint density at radius 3 is 2.76 bits per heavy atom. The van der Waals surface area contributed by atoms with E-state index in [1.807, 2.05) is 0 Å². The Morgan fingerprint density at radius 2 is 2.00 bits per heavy atom. The van der Waals surface area contributed by atoms with Crippen molar-refractivity contribution in [1.82, 2.24) is 0 Å². The zero-order chi connectivity index (χ0) is 15.0. The molecule has 2 aromatic rings. The molecule has 0 saturated heterocycles. The van der Waals surface area contributed by atoms with Crippen molar-refractivity contribution in [3.63, 3.8) is 0 Å². The topological polar surface area (TPSA) is 84.9 Å². The highest BCUT2D eigenvalue weighted by molar-refractivity contribution is 7.16. The standard InChI is InChI=1S/C14H11NO5S/c1-7-4-9(14(17)18)13(21-7)15-12(16)8-2-3-10-11(5-8)20-6-19-10/h2-5H,6H2,1H3,(H,15,16)(H,17,18). The van der Waals surface area contributed by atoms with Crippen LogP contribution in [0, 0.1) is 6.92 Å². The van der Waals surface area contributed by atoms with E-state index in [1.165, 1.54) is 17.4 Å². The zero-order valence-electron chi connectivity index (χ0n) is 11.0. The number of fused-ring (bicyclic) bond motifs is 1. The zero-order valence-corrected chi connectivity index (χ0v) is 11.8. The SMILES string of the molecule is Cc1cc(C(=O)O)c(NC(=O)c2ccc3c(c2)OCO3)s1. The van der Waals surface area contributed by atoms with Gasteiger partial charge in [-0.2, -0.15) is 0 Å². The summed E-state index contributed by atoms with van der Waals surface area (Å²) in [6.07, 6.45) is 0. The minimum absolute atomic E-state index is 0.0894. The lowest BCUT2D eigenvalue weighted by molar-refractivity contribution is 0.0698. The molecule has 21 heavy (non-hydrogen) atoms. The van der Waals surface area contributed by atoms with Crippen molar-refractivity contribution in [2.45, 2.75) is 6.92 Å². The van der Waals surface area contributed by atoms with E-state index in [4.69, 9.17) is 14.6 Å². The van der Waals surface area contributed by atoms with E-state index in [0.29, 0.717) is 22.1 Å². The Morgan fingerprint density at radius 1 is 1.24 bits per heavy atom. The fourth-order valence-corrected chi connectivity index (χ4v) is 2.88. The van der Waals surface area contributed by atoms with Gasteiger partial charge in [-0.15, -0.1) is 11.3 Å². The van der Waals surface area contributed by atoms with E-state index < -0.39 is 11.9 Å². The maximum absolute atomic E-state index is 12.2. The second kappa shape index (κ2) is 5.10. The Bertz CT molecular complexity index is 737. The third kappa shape index (κ3) is 2.55. The normalized spacial score (nSPS) is 12.2. The second-order valence-corrected chi connectivity index (χ2v) is 5.68. The van der Waals surface area contributed by atoms with E-state index in [9.17, 15) is 9.59 Å². The molecule has 7 heteroatoms. The van der Waals surface area contributed by atoms with Crippen LogP contribution in [-0.4, -0.2) is 23.8 Å². The number of nitrogens with one attached hydrogen (secondary N) is 1. The quantitative estimate of drug-likeness (QED) is 0.910. The van der Waals surface area contributed by atoms with Crippen molar-refractivity contribution >= 4 is 28.2 Å². The molecule has 0 saturated carbocycles. The molecule has 3 rings (SSSR count). The number of carbonyl (C=O) groups excluding carboxylic acids is 1. The molecule has 0 fully saturated rings. The van der Waals surface area contributed by atoms with Gasteiger partial charge in [-0.1, -0.05) is 0 Å². The lowest BCUT2D eigenvalue weighted by atomic mass is 10.2. The molecule has 0 unspecified atom stereocenters. The van der Waals surface area contributed by atoms with Crippen LogP contribution in [0.5, 0.6) is 11.5 Å². The first-order valence-electron chi connectivity index (χ1n) is 6.09. The summed E-state index contributed by atoms with van der Waals surface area (Å²) in [6, 6.07) is 6.35. The Balaban J connectivity index is 1.85. The van der Waals surface area contributed by atoms with Gasteiger partial charge in [-0.05, 0) is 31.2 Å². The summed E-state index contributed by atoms with van der Waals surface area (Å²) in [5, 5.41) is 12.1. The largest absolute Gasteiger partial charge is 0.478 e. The van der Waals surface area contributed by atoms with Crippen LogP contribution in [0.3, 0.4) is 0 Å². The van der Waals surface area contributed by atoms with Crippen LogP contribution in [0.2, 0.25) is 0 Å². The first-order chi connectivity index (χ1) is 10.0. The van der Waals surface area contributed by atoms with Gasteiger partial charge >= 0.3 is 5.97 Å². The number of hydrogen-bond acceptors (Lipinski definition) is 5. The van der Waals surface area contributed by atoms with Gasteiger partial charge in [0, 0.05) is 10.4 Å². The van der Waals surface area contributed by atoms with Crippen LogP contribution in [0.15, 0.2) is 24.3 Å². The third-order valence-corrected chi connectivity index (χ3v) is 3.91. The van der Waals surface area contributed by atoms with Crippen molar-refractivity contribution in [2.24, 2.45) is 0 Å². The molecule has 0 atom stereocenters. The summed E-state index contributed by atoms with van der Waals surface area (Å²) >= 11 is 1.22. The highest BCUT2D eigenvalue weighted by Crippen LogP contribution is 2.33. The van der Waals surface area contributed by atoms with Crippen LogP contribution in [0.4, 0.5) is 5.00 Å².